The van der Waals surface area contributed by atoms with Gasteiger partial charge in [-0.25, -0.2) is 0 Å². The van der Waals surface area contributed by atoms with Gasteiger partial charge in [0, 0.05) is 18.4 Å². The van der Waals surface area contributed by atoms with Gasteiger partial charge in [-0.2, -0.15) is 0 Å². The molecule has 1 unspecified atom stereocenters. The van der Waals surface area contributed by atoms with Crippen molar-refractivity contribution < 1.29 is 14.6 Å². The minimum atomic E-state index is -0.0718. The summed E-state index contributed by atoms with van der Waals surface area (Å²) in [6.45, 7) is 0.754. The molecule has 1 heterocycles. The van der Waals surface area contributed by atoms with Crippen LogP contribution in [0.1, 0.15) is 19.3 Å². The number of benzene rings is 1. The van der Waals surface area contributed by atoms with E-state index in [2.05, 4.69) is 5.32 Å². The highest BCUT2D eigenvalue weighted by Gasteiger charge is 2.18. The van der Waals surface area contributed by atoms with Crippen LogP contribution in [0.2, 0.25) is 0 Å². The number of rotatable bonds is 3. The molecule has 0 saturated carbocycles. The van der Waals surface area contributed by atoms with Gasteiger partial charge in [0.2, 0.25) is 5.91 Å². The third-order valence-corrected chi connectivity index (χ3v) is 2.57. The van der Waals surface area contributed by atoms with Gasteiger partial charge < -0.3 is 15.2 Å². The highest BCUT2D eigenvalue weighted by Crippen LogP contribution is 2.18. The number of hydrogen-bond acceptors (Lipinski definition) is 3. The Bertz CT molecular complexity index is 372. The molecule has 0 aromatic heterocycles. The van der Waals surface area contributed by atoms with Crippen LogP contribution in [0.25, 0.3) is 0 Å². The number of phenols is 1. The number of phenolic OH excluding ortho intramolecular Hbond substituents is 1. The minimum absolute atomic E-state index is 0.0531. The fourth-order valence-corrected chi connectivity index (χ4v) is 1.81. The summed E-state index contributed by atoms with van der Waals surface area (Å²) < 4.78 is 5.37. The molecule has 4 nitrogen and oxygen atoms in total. The number of carbonyl (C=O) groups excluding carboxylic acids is 1. The summed E-state index contributed by atoms with van der Waals surface area (Å²) in [7, 11) is 0. The van der Waals surface area contributed by atoms with E-state index < -0.39 is 0 Å². The molecule has 4 heteroatoms. The summed E-state index contributed by atoms with van der Waals surface area (Å²) >= 11 is 0. The van der Waals surface area contributed by atoms with Crippen molar-refractivity contribution in [2.45, 2.75) is 25.4 Å². The minimum Gasteiger partial charge on any atom is -0.508 e. The maximum Gasteiger partial charge on any atom is 0.226 e. The molecule has 1 aliphatic heterocycles. The zero-order valence-electron chi connectivity index (χ0n) is 8.98. The van der Waals surface area contributed by atoms with E-state index in [1.807, 2.05) is 0 Å². The average Bonchev–Trinajstić information content (AvgIpc) is 2.70. The van der Waals surface area contributed by atoms with Gasteiger partial charge in [-0.1, -0.05) is 6.07 Å². The number of ether oxygens (including phenoxy) is 1. The Kier molecular flexibility index (Phi) is 3.41. The zero-order chi connectivity index (χ0) is 11.4. The van der Waals surface area contributed by atoms with E-state index in [1.165, 1.54) is 6.07 Å². The largest absolute Gasteiger partial charge is 0.508 e. The average molecular weight is 221 g/mol. The topological polar surface area (TPSA) is 58.6 Å². The van der Waals surface area contributed by atoms with Gasteiger partial charge in [0.15, 0.2) is 0 Å². The first-order valence-electron chi connectivity index (χ1n) is 5.44. The second-order valence-corrected chi connectivity index (χ2v) is 3.94. The summed E-state index contributed by atoms with van der Waals surface area (Å²) in [5.41, 5.74) is 0.614. The summed E-state index contributed by atoms with van der Waals surface area (Å²) in [5.74, 6) is 0.0763. The number of anilines is 1. The molecule has 0 bridgehead atoms. The highest BCUT2D eigenvalue weighted by molar-refractivity contribution is 5.91. The molecule has 0 aliphatic carbocycles. The molecule has 1 fully saturated rings. The number of aromatic hydroxyl groups is 1. The monoisotopic (exact) mass is 221 g/mol. The molecule has 16 heavy (non-hydrogen) atoms. The van der Waals surface area contributed by atoms with E-state index in [0.29, 0.717) is 12.1 Å². The van der Waals surface area contributed by atoms with Crippen molar-refractivity contribution in [1.29, 1.82) is 0 Å². The van der Waals surface area contributed by atoms with E-state index in [9.17, 15) is 9.90 Å². The molecule has 1 atom stereocenters. The standard InChI is InChI=1S/C12H15NO3/c14-10-4-1-3-9(7-10)13-12(15)8-11-5-2-6-16-11/h1,3-4,7,11,14H,2,5-6,8H2,(H,13,15). The first kappa shape index (κ1) is 11.0. The van der Waals surface area contributed by atoms with Gasteiger partial charge in [-0.15, -0.1) is 0 Å². The fraction of sp³-hybridized carbons (Fsp3) is 0.417. The van der Waals surface area contributed by atoms with Crippen molar-refractivity contribution in [3.8, 4) is 5.75 Å². The Morgan fingerprint density at radius 1 is 1.56 bits per heavy atom. The highest BCUT2D eigenvalue weighted by atomic mass is 16.5. The number of hydrogen-bond donors (Lipinski definition) is 2. The third-order valence-electron chi connectivity index (χ3n) is 2.57. The van der Waals surface area contributed by atoms with Crippen LogP contribution in [0.4, 0.5) is 5.69 Å². The predicted octanol–water partition coefficient (Wildman–Crippen LogP) is 1.90. The van der Waals surface area contributed by atoms with Crippen LogP contribution in [-0.2, 0) is 9.53 Å². The van der Waals surface area contributed by atoms with Gasteiger partial charge in [0.05, 0.1) is 12.5 Å². The summed E-state index contributed by atoms with van der Waals surface area (Å²) in [6.07, 6.45) is 2.42. The zero-order valence-corrected chi connectivity index (χ0v) is 8.98. The summed E-state index contributed by atoms with van der Waals surface area (Å²) in [5, 5.41) is 12.0. The van der Waals surface area contributed by atoms with Crippen LogP contribution in [0.15, 0.2) is 24.3 Å². The van der Waals surface area contributed by atoms with Crippen molar-refractivity contribution in [3.63, 3.8) is 0 Å². The van der Waals surface area contributed by atoms with Crippen molar-refractivity contribution in [2.24, 2.45) is 0 Å². The second kappa shape index (κ2) is 4.99. The Hall–Kier alpha value is -1.55. The predicted molar refractivity (Wildman–Crippen MR) is 60.3 cm³/mol. The van der Waals surface area contributed by atoms with Crippen LogP contribution >= 0.6 is 0 Å². The quantitative estimate of drug-likeness (QED) is 0.819. The van der Waals surface area contributed by atoms with Gasteiger partial charge >= 0.3 is 0 Å². The van der Waals surface area contributed by atoms with Crippen LogP contribution in [-0.4, -0.2) is 23.7 Å². The molecule has 86 valence electrons. The molecule has 2 N–H and O–H groups in total. The summed E-state index contributed by atoms with van der Waals surface area (Å²) in [6, 6.07) is 6.52. The Morgan fingerprint density at radius 2 is 2.44 bits per heavy atom. The van der Waals surface area contributed by atoms with Crippen LogP contribution in [0, 0.1) is 0 Å². The first-order chi connectivity index (χ1) is 7.74. The Morgan fingerprint density at radius 3 is 3.12 bits per heavy atom. The Balaban J connectivity index is 1.86. The van der Waals surface area contributed by atoms with E-state index in [4.69, 9.17) is 4.74 Å². The lowest BCUT2D eigenvalue weighted by atomic mass is 10.2. The molecule has 1 amide bonds. The number of nitrogens with one attached hydrogen (secondary N) is 1. The lowest BCUT2D eigenvalue weighted by Gasteiger charge is -2.09. The summed E-state index contributed by atoms with van der Waals surface area (Å²) in [4.78, 5) is 11.6. The molecular weight excluding hydrogens is 206 g/mol. The van der Waals surface area contributed by atoms with Crippen molar-refractivity contribution in [1.82, 2.24) is 0 Å². The van der Waals surface area contributed by atoms with Gasteiger partial charge in [0.25, 0.3) is 0 Å². The van der Waals surface area contributed by atoms with Crippen molar-refractivity contribution in [2.75, 3.05) is 11.9 Å². The van der Waals surface area contributed by atoms with Crippen molar-refractivity contribution in [3.05, 3.63) is 24.3 Å². The van der Waals surface area contributed by atoms with Gasteiger partial charge in [-0.05, 0) is 25.0 Å². The molecule has 1 saturated heterocycles. The first-order valence-corrected chi connectivity index (χ1v) is 5.44. The van der Waals surface area contributed by atoms with Gasteiger partial charge in [0.1, 0.15) is 5.75 Å². The SMILES string of the molecule is O=C(CC1CCCO1)Nc1cccc(O)c1. The molecular formula is C12H15NO3. The smallest absolute Gasteiger partial charge is 0.226 e. The normalized spacial score (nSPS) is 19.6. The molecule has 0 radical (unpaired) electrons. The fourth-order valence-electron chi connectivity index (χ4n) is 1.81. The van der Waals surface area contributed by atoms with E-state index in [0.717, 1.165) is 19.4 Å². The maximum atomic E-state index is 11.6. The van der Waals surface area contributed by atoms with Gasteiger partial charge in [-0.3, -0.25) is 4.79 Å². The number of amides is 1. The maximum absolute atomic E-state index is 11.6. The molecule has 1 aromatic carbocycles. The van der Waals surface area contributed by atoms with E-state index >= 15 is 0 Å². The van der Waals surface area contributed by atoms with Crippen LogP contribution in [0.3, 0.4) is 0 Å². The molecule has 1 aliphatic rings. The van der Waals surface area contributed by atoms with E-state index in [1.54, 1.807) is 18.2 Å². The van der Waals surface area contributed by atoms with Crippen molar-refractivity contribution >= 4 is 11.6 Å². The second-order valence-electron chi connectivity index (χ2n) is 3.94. The van der Waals surface area contributed by atoms with Crippen LogP contribution in [0.5, 0.6) is 5.75 Å². The molecule has 2 rings (SSSR count). The molecule has 0 spiro atoms. The lowest BCUT2D eigenvalue weighted by Crippen LogP contribution is -2.19. The molecule has 1 aromatic rings. The van der Waals surface area contributed by atoms with E-state index in [-0.39, 0.29) is 17.8 Å². The number of carbonyl (C=O) groups is 1. The van der Waals surface area contributed by atoms with Crippen LogP contribution < -0.4 is 5.32 Å². The lowest BCUT2D eigenvalue weighted by molar-refractivity contribution is -0.118. The Labute approximate surface area is 94.2 Å². The third kappa shape index (κ3) is 2.97.